The molecular formula is C18H27N3O6. The van der Waals surface area contributed by atoms with Crippen LogP contribution in [0.4, 0.5) is 4.79 Å². The summed E-state index contributed by atoms with van der Waals surface area (Å²) in [6.07, 6.45) is 3.58. The lowest BCUT2D eigenvalue weighted by Gasteiger charge is -2.28. The quantitative estimate of drug-likeness (QED) is 0.632. The Labute approximate surface area is 158 Å². The van der Waals surface area contributed by atoms with Crippen LogP contribution in [0, 0.1) is 0 Å². The van der Waals surface area contributed by atoms with E-state index in [1.54, 1.807) is 6.92 Å². The van der Waals surface area contributed by atoms with Gasteiger partial charge in [0.1, 0.15) is 13.2 Å². The molecule has 1 saturated heterocycles. The van der Waals surface area contributed by atoms with Crippen molar-refractivity contribution in [1.29, 1.82) is 0 Å². The van der Waals surface area contributed by atoms with E-state index in [-0.39, 0.29) is 36.9 Å². The number of carbonyl (C=O) groups is 4. The van der Waals surface area contributed by atoms with Crippen LogP contribution >= 0.6 is 0 Å². The molecule has 0 radical (unpaired) electrons. The third kappa shape index (κ3) is 5.70. The van der Waals surface area contributed by atoms with Crippen LogP contribution in [0.5, 0.6) is 0 Å². The molecule has 2 N–H and O–H groups in total. The summed E-state index contributed by atoms with van der Waals surface area (Å²) < 4.78 is 10.3. The number of hydrogen-bond acceptors (Lipinski definition) is 6. The summed E-state index contributed by atoms with van der Waals surface area (Å²) in [5.74, 6) is -1.20. The van der Waals surface area contributed by atoms with Gasteiger partial charge in [-0.2, -0.15) is 0 Å². The number of rotatable bonds is 7. The maximum absolute atomic E-state index is 12.3. The highest BCUT2D eigenvalue weighted by Gasteiger charge is 2.32. The summed E-state index contributed by atoms with van der Waals surface area (Å²) in [6.45, 7) is 3.83. The van der Waals surface area contributed by atoms with Crippen molar-refractivity contribution < 1.29 is 28.7 Å². The highest BCUT2D eigenvalue weighted by Crippen LogP contribution is 2.17. The van der Waals surface area contributed by atoms with Crippen LogP contribution in [0.25, 0.3) is 0 Å². The molecule has 9 nitrogen and oxygen atoms in total. The van der Waals surface area contributed by atoms with E-state index in [1.165, 1.54) is 4.90 Å². The van der Waals surface area contributed by atoms with Gasteiger partial charge in [-0.3, -0.25) is 9.59 Å². The summed E-state index contributed by atoms with van der Waals surface area (Å²) in [4.78, 5) is 49.7. The van der Waals surface area contributed by atoms with Crippen molar-refractivity contribution in [3.63, 3.8) is 0 Å². The van der Waals surface area contributed by atoms with Crippen LogP contribution in [0.2, 0.25) is 0 Å². The van der Waals surface area contributed by atoms with E-state index in [1.807, 2.05) is 6.92 Å². The molecule has 9 heteroatoms. The minimum absolute atomic E-state index is 0.0582. The third-order valence-electron chi connectivity index (χ3n) is 4.52. The Morgan fingerprint density at radius 2 is 1.93 bits per heavy atom. The van der Waals surface area contributed by atoms with E-state index in [0.29, 0.717) is 19.4 Å². The smallest absolute Gasteiger partial charge is 0.338 e. The van der Waals surface area contributed by atoms with Crippen LogP contribution < -0.4 is 10.6 Å². The molecule has 0 aromatic rings. The first-order valence-electron chi connectivity index (χ1n) is 9.37. The fraction of sp³-hybridized carbons (Fsp3) is 0.667. The lowest BCUT2D eigenvalue weighted by Crippen LogP contribution is -2.51. The molecule has 27 heavy (non-hydrogen) atoms. The highest BCUT2D eigenvalue weighted by atomic mass is 16.5. The Balaban J connectivity index is 2.04. The topological polar surface area (TPSA) is 114 Å². The predicted molar refractivity (Wildman–Crippen MR) is 95.4 cm³/mol. The number of amides is 3. The SMILES string of the molecule is CCOC(=O)C1=C(COC(=O)CN2CCCCCC2=O)NC(=O)N[C@@H]1CC. The van der Waals surface area contributed by atoms with Crippen molar-refractivity contribution in [2.45, 2.75) is 52.0 Å². The molecule has 3 amide bonds. The van der Waals surface area contributed by atoms with Crippen molar-refractivity contribution >= 4 is 23.9 Å². The second kappa shape index (κ2) is 9.94. The zero-order valence-corrected chi connectivity index (χ0v) is 15.8. The van der Waals surface area contributed by atoms with Gasteiger partial charge >= 0.3 is 18.0 Å². The molecule has 2 rings (SSSR count). The van der Waals surface area contributed by atoms with Gasteiger partial charge in [-0.15, -0.1) is 0 Å². The van der Waals surface area contributed by atoms with Gasteiger partial charge in [-0.25, -0.2) is 9.59 Å². The molecule has 0 aliphatic carbocycles. The standard InChI is InChI=1S/C18H27N3O6/c1-3-12-16(17(24)26-4-2)13(20-18(25)19-12)11-27-15(23)10-21-9-7-5-6-8-14(21)22/h12H,3-11H2,1-2H3,(H2,19,20,25)/t12-/m1/s1. The summed E-state index contributed by atoms with van der Waals surface area (Å²) >= 11 is 0. The maximum Gasteiger partial charge on any atom is 0.338 e. The van der Waals surface area contributed by atoms with Gasteiger partial charge in [0, 0.05) is 13.0 Å². The Morgan fingerprint density at radius 1 is 1.15 bits per heavy atom. The molecular weight excluding hydrogens is 354 g/mol. The van der Waals surface area contributed by atoms with Gasteiger partial charge in [-0.1, -0.05) is 13.3 Å². The highest BCUT2D eigenvalue weighted by molar-refractivity contribution is 5.95. The maximum atomic E-state index is 12.3. The van der Waals surface area contributed by atoms with Crippen molar-refractivity contribution in [2.75, 3.05) is 26.3 Å². The van der Waals surface area contributed by atoms with Crippen molar-refractivity contribution in [1.82, 2.24) is 15.5 Å². The fourth-order valence-electron chi connectivity index (χ4n) is 3.14. The van der Waals surface area contributed by atoms with E-state index >= 15 is 0 Å². The van der Waals surface area contributed by atoms with Crippen LogP contribution in [0.15, 0.2) is 11.3 Å². The minimum atomic E-state index is -0.582. The van der Waals surface area contributed by atoms with Gasteiger partial charge in [0.05, 0.1) is 23.9 Å². The molecule has 0 aromatic heterocycles. The third-order valence-corrected chi connectivity index (χ3v) is 4.52. The van der Waals surface area contributed by atoms with E-state index in [2.05, 4.69) is 10.6 Å². The molecule has 2 aliphatic rings. The zero-order valence-electron chi connectivity index (χ0n) is 15.8. The summed E-state index contributed by atoms with van der Waals surface area (Å²) in [5.41, 5.74) is 0.456. The number of nitrogens with one attached hydrogen (secondary N) is 2. The van der Waals surface area contributed by atoms with Crippen molar-refractivity contribution in [3.8, 4) is 0 Å². The van der Waals surface area contributed by atoms with Gasteiger partial charge in [0.25, 0.3) is 0 Å². The van der Waals surface area contributed by atoms with Gasteiger partial charge in [0.2, 0.25) is 5.91 Å². The number of likely N-dealkylation sites (tertiary alicyclic amines) is 1. The summed E-state index contributed by atoms with van der Waals surface area (Å²) in [7, 11) is 0. The van der Waals surface area contributed by atoms with Crippen LogP contribution in [0.3, 0.4) is 0 Å². The number of esters is 2. The Kier molecular flexibility index (Phi) is 7.63. The fourth-order valence-corrected chi connectivity index (χ4v) is 3.14. The van der Waals surface area contributed by atoms with Gasteiger partial charge in [0.15, 0.2) is 0 Å². The second-order valence-electron chi connectivity index (χ2n) is 6.46. The Bertz CT molecular complexity index is 631. The van der Waals surface area contributed by atoms with Crippen LogP contribution in [-0.2, 0) is 23.9 Å². The van der Waals surface area contributed by atoms with E-state index in [9.17, 15) is 19.2 Å². The molecule has 0 bridgehead atoms. The van der Waals surface area contributed by atoms with E-state index in [4.69, 9.17) is 9.47 Å². The number of nitrogens with zero attached hydrogens (tertiary/aromatic N) is 1. The average Bonchev–Trinajstić information content (AvgIpc) is 2.84. The molecule has 0 saturated carbocycles. The normalized spacial score (nSPS) is 20.5. The van der Waals surface area contributed by atoms with E-state index < -0.39 is 24.0 Å². The molecule has 1 fully saturated rings. The van der Waals surface area contributed by atoms with Gasteiger partial charge in [-0.05, 0) is 26.2 Å². The monoisotopic (exact) mass is 381 g/mol. The molecule has 2 aliphatic heterocycles. The average molecular weight is 381 g/mol. The molecule has 150 valence electrons. The lowest BCUT2D eigenvalue weighted by atomic mass is 10.0. The number of carbonyl (C=O) groups excluding carboxylic acids is 4. The van der Waals surface area contributed by atoms with Crippen molar-refractivity contribution in [3.05, 3.63) is 11.3 Å². The first-order valence-corrected chi connectivity index (χ1v) is 9.37. The molecule has 1 atom stereocenters. The number of hydrogen-bond donors (Lipinski definition) is 2. The molecule has 0 spiro atoms. The Hall–Kier alpha value is -2.58. The number of ether oxygens (including phenoxy) is 2. The summed E-state index contributed by atoms with van der Waals surface area (Å²) in [5, 5.41) is 5.17. The van der Waals surface area contributed by atoms with Gasteiger partial charge < -0.3 is 25.0 Å². The second-order valence-corrected chi connectivity index (χ2v) is 6.46. The number of urea groups is 1. The largest absolute Gasteiger partial charge is 0.463 e. The Morgan fingerprint density at radius 3 is 2.63 bits per heavy atom. The molecule has 2 heterocycles. The van der Waals surface area contributed by atoms with Crippen molar-refractivity contribution in [2.24, 2.45) is 0 Å². The first kappa shape index (κ1) is 20.7. The minimum Gasteiger partial charge on any atom is -0.463 e. The van der Waals surface area contributed by atoms with E-state index in [0.717, 1.165) is 19.3 Å². The van der Waals surface area contributed by atoms with Crippen LogP contribution in [0.1, 0.15) is 46.0 Å². The molecule has 0 aromatic carbocycles. The van der Waals surface area contributed by atoms with Crippen LogP contribution in [-0.4, -0.2) is 61.1 Å². The zero-order chi connectivity index (χ0) is 19.8. The lowest BCUT2D eigenvalue weighted by molar-refractivity contribution is -0.148. The first-order chi connectivity index (χ1) is 13.0. The summed E-state index contributed by atoms with van der Waals surface area (Å²) in [6, 6.07) is -0.984. The predicted octanol–water partition coefficient (Wildman–Crippen LogP) is 0.841. The molecule has 0 unspecified atom stereocenters.